The Morgan fingerprint density at radius 3 is 2.69 bits per heavy atom. The van der Waals surface area contributed by atoms with Gasteiger partial charge in [0, 0.05) is 11.1 Å². The van der Waals surface area contributed by atoms with Crippen LogP contribution in [-0.2, 0) is 0 Å². The second-order valence-corrected chi connectivity index (χ2v) is 3.51. The van der Waals surface area contributed by atoms with Crippen LogP contribution in [0.2, 0.25) is 0 Å². The number of thiazole rings is 1. The van der Waals surface area contributed by atoms with E-state index in [-0.39, 0.29) is 0 Å². The van der Waals surface area contributed by atoms with E-state index >= 15 is 0 Å². The molecule has 0 saturated heterocycles. The first-order chi connectivity index (χ1) is 6.27. The average molecular weight is 192 g/mol. The van der Waals surface area contributed by atoms with E-state index in [2.05, 4.69) is 15.2 Å². The number of hydrogen-bond acceptors (Lipinski definition) is 5. The van der Waals surface area contributed by atoms with Crippen LogP contribution in [0.5, 0.6) is 0 Å². The van der Waals surface area contributed by atoms with Gasteiger partial charge in [0.25, 0.3) is 0 Å². The van der Waals surface area contributed by atoms with Crippen LogP contribution in [0.1, 0.15) is 5.69 Å². The minimum atomic E-state index is 0.615. The van der Waals surface area contributed by atoms with Gasteiger partial charge in [0.1, 0.15) is 5.01 Å². The largest absolute Gasteiger partial charge is 0.397 e. The topological polar surface area (TPSA) is 64.7 Å². The Morgan fingerprint density at radius 2 is 2.08 bits per heavy atom. The van der Waals surface area contributed by atoms with Crippen LogP contribution < -0.4 is 5.73 Å². The van der Waals surface area contributed by atoms with Gasteiger partial charge >= 0.3 is 0 Å². The molecule has 0 aliphatic carbocycles. The molecule has 2 rings (SSSR count). The van der Waals surface area contributed by atoms with Crippen molar-refractivity contribution in [1.82, 2.24) is 15.2 Å². The van der Waals surface area contributed by atoms with Crippen molar-refractivity contribution < 1.29 is 0 Å². The Kier molecular flexibility index (Phi) is 1.94. The van der Waals surface area contributed by atoms with Crippen molar-refractivity contribution in [2.45, 2.75) is 6.92 Å². The molecular weight excluding hydrogens is 184 g/mol. The standard InChI is InChI=1S/C8H8N4S/c1-5-4-13-8(12-5)6-2-10-11-3-7(6)9/h2-4H,1H3,(H2,9,10). The Hall–Kier alpha value is -1.49. The number of aryl methyl sites for hydroxylation is 1. The van der Waals surface area contributed by atoms with Crippen molar-refractivity contribution >= 4 is 17.0 Å². The van der Waals surface area contributed by atoms with Crippen molar-refractivity contribution in [3.63, 3.8) is 0 Å². The number of rotatable bonds is 1. The Morgan fingerprint density at radius 1 is 1.31 bits per heavy atom. The van der Waals surface area contributed by atoms with E-state index in [9.17, 15) is 0 Å². The predicted octanol–water partition coefficient (Wildman–Crippen LogP) is 1.49. The van der Waals surface area contributed by atoms with Crippen LogP contribution in [-0.4, -0.2) is 15.2 Å². The molecule has 0 amide bonds. The second kappa shape index (κ2) is 3.10. The second-order valence-electron chi connectivity index (χ2n) is 2.65. The Bertz CT molecular complexity index is 424. The number of hydrogen-bond donors (Lipinski definition) is 1. The maximum absolute atomic E-state index is 5.73. The summed E-state index contributed by atoms with van der Waals surface area (Å²) in [5.41, 5.74) is 8.19. The number of nitrogen functional groups attached to an aromatic ring is 1. The molecule has 2 aromatic rings. The maximum Gasteiger partial charge on any atom is 0.127 e. The van der Waals surface area contributed by atoms with Crippen molar-refractivity contribution in [2.75, 3.05) is 5.73 Å². The summed E-state index contributed by atoms with van der Waals surface area (Å²) < 4.78 is 0. The van der Waals surface area contributed by atoms with Crippen molar-refractivity contribution in [1.29, 1.82) is 0 Å². The molecule has 2 N–H and O–H groups in total. The molecule has 13 heavy (non-hydrogen) atoms. The van der Waals surface area contributed by atoms with Crippen LogP contribution in [0.25, 0.3) is 10.6 Å². The molecule has 4 nitrogen and oxygen atoms in total. The van der Waals surface area contributed by atoms with Gasteiger partial charge in [-0.05, 0) is 6.92 Å². The summed E-state index contributed by atoms with van der Waals surface area (Å²) in [7, 11) is 0. The molecule has 2 heterocycles. The third-order valence-electron chi connectivity index (χ3n) is 1.61. The summed E-state index contributed by atoms with van der Waals surface area (Å²) >= 11 is 1.56. The fraction of sp³-hybridized carbons (Fsp3) is 0.125. The summed E-state index contributed by atoms with van der Waals surface area (Å²) in [6.45, 7) is 1.95. The number of nitrogens with two attached hydrogens (primary N) is 1. The summed E-state index contributed by atoms with van der Waals surface area (Å²) in [6, 6.07) is 0. The van der Waals surface area contributed by atoms with Gasteiger partial charge in [-0.1, -0.05) is 0 Å². The smallest absolute Gasteiger partial charge is 0.127 e. The van der Waals surface area contributed by atoms with Gasteiger partial charge in [-0.15, -0.1) is 11.3 Å². The van der Waals surface area contributed by atoms with Crippen LogP contribution in [0.3, 0.4) is 0 Å². The molecule has 0 aliphatic rings. The van der Waals surface area contributed by atoms with Gasteiger partial charge in [0.05, 0.1) is 23.6 Å². The molecule has 0 saturated carbocycles. The van der Waals surface area contributed by atoms with E-state index in [4.69, 9.17) is 5.73 Å². The highest BCUT2D eigenvalue weighted by Crippen LogP contribution is 2.26. The van der Waals surface area contributed by atoms with Gasteiger partial charge in [0.15, 0.2) is 0 Å². The van der Waals surface area contributed by atoms with E-state index in [1.807, 2.05) is 12.3 Å². The lowest BCUT2D eigenvalue weighted by molar-refractivity contribution is 1.03. The van der Waals surface area contributed by atoms with E-state index in [0.29, 0.717) is 5.69 Å². The third kappa shape index (κ3) is 1.50. The Labute approximate surface area is 79.5 Å². The molecule has 66 valence electrons. The van der Waals surface area contributed by atoms with Crippen LogP contribution in [0.4, 0.5) is 5.69 Å². The van der Waals surface area contributed by atoms with Crippen molar-refractivity contribution in [3.8, 4) is 10.6 Å². The molecule has 0 fully saturated rings. The minimum absolute atomic E-state index is 0.615. The average Bonchev–Trinajstić information content (AvgIpc) is 2.53. The number of nitrogens with zero attached hydrogens (tertiary/aromatic N) is 3. The van der Waals surface area contributed by atoms with Gasteiger partial charge in [-0.25, -0.2) is 4.98 Å². The normalized spacial score (nSPS) is 10.2. The predicted molar refractivity (Wildman–Crippen MR) is 52.3 cm³/mol. The summed E-state index contributed by atoms with van der Waals surface area (Å²) in [6.07, 6.45) is 3.17. The summed E-state index contributed by atoms with van der Waals surface area (Å²) in [5, 5.41) is 10.3. The highest BCUT2D eigenvalue weighted by molar-refractivity contribution is 7.13. The van der Waals surface area contributed by atoms with E-state index in [1.165, 1.54) is 6.20 Å². The number of aromatic nitrogens is 3. The lowest BCUT2D eigenvalue weighted by atomic mass is 10.3. The van der Waals surface area contributed by atoms with Gasteiger partial charge in [-0.3, -0.25) is 0 Å². The molecule has 0 bridgehead atoms. The molecule has 0 aromatic carbocycles. The van der Waals surface area contributed by atoms with E-state index in [0.717, 1.165) is 16.3 Å². The van der Waals surface area contributed by atoms with E-state index in [1.54, 1.807) is 17.5 Å². The SMILES string of the molecule is Cc1csc(-c2cnncc2N)n1. The molecule has 5 heteroatoms. The fourth-order valence-electron chi connectivity index (χ4n) is 0.987. The maximum atomic E-state index is 5.73. The first-order valence-electron chi connectivity index (χ1n) is 3.76. The first kappa shape index (κ1) is 8.12. The van der Waals surface area contributed by atoms with Crippen molar-refractivity contribution in [2.24, 2.45) is 0 Å². The molecular formula is C8H8N4S. The highest BCUT2D eigenvalue weighted by Gasteiger charge is 2.06. The zero-order valence-corrected chi connectivity index (χ0v) is 7.88. The third-order valence-corrected chi connectivity index (χ3v) is 2.60. The molecule has 0 aliphatic heterocycles. The van der Waals surface area contributed by atoms with Gasteiger partial charge < -0.3 is 5.73 Å². The zero-order chi connectivity index (χ0) is 9.26. The quantitative estimate of drug-likeness (QED) is 0.743. The first-order valence-corrected chi connectivity index (χ1v) is 4.64. The fourth-order valence-corrected chi connectivity index (χ4v) is 1.82. The minimum Gasteiger partial charge on any atom is -0.397 e. The van der Waals surface area contributed by atoms with Gasteiger partial charge in [-0.2, -0.15) is 10.2 Å². The molecule has 0 spiro atoms. The Balaban J connectivity index is 2.52. The van der Waals surface area contributed by atoms with Crippen LogP contribution >= 0.6 is 11.3 Å². The highest BCUT2D eigenvalue weighted by atomic mass is 32.1. The van der Waals surface area contributed by atoms with Gasteiger partial charge in [0.2, 0.25) is 0 Å². The molecule has 2 aromatic heterocycles. The van der Waals surface area contributed by atoms with Crippen LogP contribution in [0, 0.1) is 6.92 Å². The monoisotopic (exact) mass is 192 g/mol. The van der Waals surface area contributed by atoms with E-state index < -0.39 is 0 Å². The summed E-state index contributed by atoms with van der Waals surface area (Å²) in [4.78, 5) is 4.31. The number of anilines is 1. The summed E-state index contributed by atoms with van der Waals surface area (Å²) in [5.74, 6) is 0. The lowest BCUT2D eigenvalue weighted by Gasteiger charge is -1.97. The lowest BCUT2D eigenvalue weighted by Crippen LogP contribution is -1.92. The molecule has 0 radical (unpaired) electrons. The zero-order valence-electron chi connectivity index (χ0n) is 7.06. The molecule has 0 unspecified atom stereocenters. The van der Waals surface area contributed by atoms with Crippen LogP contribution in [0.15, 0.2) is 17.8 Å². The van der Waals surface area contributed by atoms with Crippen molar-refractivity contribution in [3.05, 3.63) is 23.5 Å². The molecule has 0 atom stereocenters.